The van der Waals surface area contributed by atoms with Crippen molar-refractivity contribution in [2.45, 2.75) is 18.6 Å². The normalized spacial score (nSPS) is 18.7. The van der Waals surface area contributed by atoms with E-state index in [9.17, 15) is 22.8 Å². The second kappa shape index (κ2) is 6.29. The molecule has 0 saturated carbocycles. The second-order valence-electron chi connectivity index (χ2n) is 4.49. The smallest absolute Gasteiger partial charge is 0.406 e. The van der Waals surface area contributed by atoms with Gasteiger partial charge in [0.2, 0.25) is 5.91 Å². The van der Waals surface area contributed by atoms with E-state index in [0.29, 0.717) is 0 Å². The Morgan fingerprint density at radius 2 is 2.27 bits per heavy atom. The monoisotopic (exact) mass is 357 g/mol. The molecule has 122 valence electrons. The molecule has 22 heavy (non-hydrogen) atoms. The number of esters is 1. The topological polar surface area (TPSA) is 71.5 Å². The minimum atomic E-state index is -4.44. The first kappa shape index (κ1) is 16.8. The van der Waals surface area contributed by atoms with E-state index in [1.165, 1.54) is 7.11 Å². The van der Waals surface area contributed by atoms with Crippen molar-refractivity contribution in [3.63, 3.8) is 0 Å². The highest BCUT2D eigenvalue weighted by Crippen LogP contribution is 2.29. The number of nitrogens with one attached hydrogen (secondary N) is 1. The molecule has 2 heterocycles. The van der Waals surface area contributed by atoms with Gasteiger partial charge in [0.05, 0.1) is 7.11 Å². The lowest BCUT2D eigenvalue weighted by Gasteiger charge is -2.18. The van der Waals surface area contributed by atoms with Gasteiger partial charge in [-0.05, 0) is 6.42 Å². The lowest BCUT2D eigenvalue weighted by atomic mass is 10.2. The third-order valence-corrected chi connectivity index (χ3v) is 4.27. The molecule has 1 aliphatic rings. The molecule has 1 aromatic rings. The first-order valence-electron chi connectivity index (χ1n) is 6.08. The number of rotatable bonds is 4. The van der Waals surface area contributed by atoms with E-state index in [1.807, 2.05) is 0 Å². The van der Waals surface area contributed by atoms with Gasteiger partial charge in [-0.15, -0.1) is 0 Å². The molecule has 0 aliphatic carbocycles. The van der Waals surface area contributed by atoms with Crippen LogP contribution >= 0.6 is 22.9 Å². The number of halogens is 4. The number of methoxy groups -OCH3 is 1. The van der Waals surface area contributed by atoms with Gasteiger partial charge in [-0.25, -0.2) is 9.78 Å². The molecule has 0 radical (unpaired) electrons. The molecule has 1 N–H and O–H groups in total. The first-order valence-corrected chi connectivity index (χ1v) is 7.27. The predicted molar refractivity (Wildman–Crippen MR) is 73.1 cm³/mol. The number of ether oxygens (including phenoxy) is 1. The summed E-state index contributed by atoms with van der Waals surface area (Å²) >= 11 is 6.64. The van der Waals surface area contributed by atoms with Crippen molar-refractivity contribution < 1.29 is 27.5 Å². The van der Waals surface area contributed by atoms with E-state index in [4.69, 9.17) is 11.6 Å². The highest BCUT2D eigenvalue weighted by molar-refractivity contribution is 7.18. The number of hydrogen-bond donors (Lipinski definition) is 1. The molecule has 0 aromatic carbocycles. The van der Waals surface area contributed by atoms with Gasteiger partial charge in [0.1, 0.15) is 12.6 Å². The summed E-state index contributed by atoms with van der Waals surface area (Å²) in [6.45, 7) is -1.28. The lowest BCUT2D eigenvalue weighted by Crippen LogP contribution is -2.39. The zero-order valence-corrected chi connectivity index (χ0v) is 12.8. The number of anilines is 1. The van der Waals surface area contributed by atoms with Crippen molar-refractivity contribution in [2.75, 3.05) is 25.5 Å². The van der Waals surface area contributed by atoms with Crippen LogP contribution < -0.4 is 5.32 Å². The van der Waals surface area contributed by atoms with E-state index in [2.05, 4.69) is 15.0 Å². The number of alkyl halides is 3. The quantitative estimate of drug-likeness (QED) is 0.836. The summed E-state index contributed by atoms with van der Waals surface area (Å²) in [6.07, 6.45) is -4.23. The fourth-order valence-electron chi connectivity index (χ4n) is 1.98. The summed E-state index contributed by atoms with van der Waals surface area (Å²) in [5.41, 5.74) is 0. The van der Waals surface area contributed by atoms with Gasteiger partial charge >= 0.3 is 12.1 Å². The van der Waals surface area contributed by atoms with Crippen LogP contribution in [0.2, 0.25) is 5.15 Å². The van der Waals surface area contributed by atoms with Crippen LogP contribution in [0, 0.1) is 0 Å². The Bertz CT molecular complexity index is 593. The van der Waals surface area contributed by atoms with Crippen LogP contribution in [-0.4, -0.2) is 54.2 Å². The number of aromatic nitrogens is 1. The highest BCUT2D eigenvalue weighted by Gasteiger charge is 2.39. The third-order valence-electron chi connectivity index (χ3n) is 2.92. The molecule has 1 saturated heterocycles. The Labute approximate surface area is 132 Å². The number of thiazole rings is 1. The van der Waals surface area contributed by atoms with Crippen LogP contribution in [-0.2, 0) is 9.53 Å². The van der Waals surface area contributed by atoms with Crippen molar-refractivity contribution >= 4 is 39.9 Å². The molecule has 1 amide bonds. The van der Waals surface area contributed by atoms with Gasteiger partial charge in [-0.2, -0.15) is 13.2 Å². The highest BCUT2D eigenvalue weighted by atomic mass is 35.5. The van der Waals surface area contributed by atoms with Gasteiger partial charge in [-0.1, -0.05) is 22.9 Å². The Balaban J connectivity index is 2.03. The zero-order chi connectivity index (χ0) is 16.5. The molecule has 1 unspecified atom stereocenters. The first-order chi connectivity index (χ1) is 10.2. The average Bonchev–Trinajstić information content (AvgIpc) is 2.94. The fourth-order valence-corrected chi connectivity index (χ4v) is 3.13. The third kappa shape index (κ3) is 3.80. The molecule has 6 nitrogen and oxygen atoms in total. The fraction of sp³-hybridized carbons (Fsp3) is 0.545. The standard InChI is InChI=1S/C11H11ClF3N3O3S/c1-21-9(20)6-7(12)17-10(22-6)16-5-2-3-18(8(5)19)4-11(13,14)15/h5H,2-4H2,1H3,(H,16,17). The van der Waals surface area contributed by atoms with Crippen LogP contribution in [0.25, 0.3) is 0 Å². The predicted octanol–water partition coefficient (Wildman–Crippen LogP) is 2.16. The molecule has 1 atom stereocenters. The van der Waals surface area contributed by atoms with Gasteiger partial charge in [0.25, 0.3) is 0 Å². The number of likely N-dealkylation sites (tertiary alicyclic amines) is 1. The Kier molecular flexibility index (Phi) is 4.81. The minimum Gasteiger partial charge on any atom is -0.465 e. The van der Waals surface area contributed by atoms with Crippen molar-refractivity contribution in [1.29, 1.82) is 0 Å². The van der Waals surface area contributed by atoms with Gasteiger partial charge in [-0.3, -0.25) is 4.79 Å². The summed E-state index contributed by atoms with van der Waals surface area (Å²) in [5.74, 6) is -1.34. The minimum absolute atomic E-state index is 0.00102. The molecule has 1 aliphatic heterocycles. The molecule has 2 rings (SSSR count). The number of carbonyl (C=O) groups is 2. The van der Waals surface area contributed by atoms with Crippen LogP contribution in [0.3, 0.4) is 0 Å². The average molecular weight is 358 g/mol. The van der Waals surface area contributed by atoms with Crippen molar-refractivity contribution in [2.24, 2.45) is 0 Å². The molecule has 11 heteroatoms. The Hall–Kier alpha value is -1.55. The van der Waals surface area contributed by atoms with E-state index in [0.717, 1.165) is 16.2 Å². The summed E-state index contributed by atoms with van der Waals surface area (Å²) in [6, 6.07) is -0.824. The summed E-state index contributed by atoms with van der Waals surface area (Å²) in [4.78, 5) is 27.9. The van der Waals surface area contributed by atoms with Gasteiger partial charge < -0.3 is 15.0 Å². The SMILES string of the molecule is COC(=O)c1sc(NC2CCN(CC(F)(F)F)C2=O)nc1Cl. The maximum absolute atomic E-state index is 12.3. The molecule has 1 aromatic heterocycles. The Morgan fingerprint density at radius 1 is 1.59 bits per heavy atom. The summed E-state index contributed by atoms with van der Waals surface area (Å²) < 4.78 is 41.5. The van der Waals surface area contributed by atoms with E-state index in [-0.39, 0.29) is 28.1 Å². The lowest BCUT2D eigenvalue weighted by molar-refractivity contribution is -0.157. The number of amides is 1. The van der Waals surface area contributed by atoms with Crippen LogP contribution in [0.1, 0.15) is 16.1 Å². The van der Waals surface area contributed by atoms with Crippen LogP contribution in [0.5, 0.6) is 0 Å². The molecule has 0 bridgehead atoms. The summed E-state index contributed by atoms with van der Waals surface area (Å²) in [7, 11) is 1.18. The van der Waals surface area contributed by atoms with Gasteiger partial charge in [0, 0.05) is 6.54 Å². The molecular formula is C11H11ClF3N3O3S. The maximum atomic E-state index is 12.3. The molecular weight excluding hydrogens is 347 g/mol. The van der Waals surface area contributed by atoms with E-state index < -0.39 is 30.6 Å². The number of nitrogens with zero attached hydrogens (tertiary/aromatic N) is 2. The summed E-state index contributed by atoms with van der Waals surface area (Å²) in [5, 5.41) is 2.80. The number of carbonyl (C=O) groups excluding carboxylic acids is 2. The van der Waals surface area contributed by atoms with Crippen molar-refractivity contribution in [3.8, 4) is 0 Å². The largest absolute Gasteiger partial charge is 0.465 e. The second-order valence-corrected chi connectivity index (χ2v) is 5.85. The molecule has 0 spiro atoms. The maximum Gasteiger partial charge on any atom is 0.406 e. The van der Waals surface area contributed by atoms with E-state index in [1.54, 1.807) is 0 Å². The van der Waals surface area contributed by atoms with Crippen LogP contribution in [0.4, 0.5) is 18.3 Å². The van der Waals surface area contributed by atoms with Crippen molar-refractivity contribution in [3.05, 3.63) is 10.0 Å². The zero-order valence-electron chi connectivity index (χ0n) is 11.2. The number of hydrogen-bond acceptors (Lipinski definition) is 6. The van der Waals surface area contributed by atoms with Crippen LogP contribution in [0.15, 0.2) is 0 Å². The molecule has 1 fully saturated rings. The Morgan fingerprint density at radius 3 is 2.86 bits per heavy atom. The van der Waals surface area contributed by atoms with Gasteiger partial charge in [0.15, 0.2) is 15.2 Å². The van der Waals surface area contributed by atoms with Crippen molar-refractivity contribution in [1.82, 2.24) is 9.88 Å². The van der Waals surface area contributed by atoms with E-state index >= 15 is 0 Å².